The Bertz CT molecular complexity index is 566. The summed E-state index contributed by atoms with van der Waals surface area (Å²) < 4.78 is 0. The molecule has 0 aliphatic carbocycles. The highest BCUT2D eigenvalue weighted by atomic mass is 32.2. The predicted molar refractivity (Wildman–Crippen MR) is 84.6 cm³/mol. The van der Waals surface area contributed by atoms with Crippen molar-refractivity contribution in [3.63, 3.8) is 0 Å². The predicted octanol–water partition coefficient (Wildman–Crippen LogP) is 4.38. The fourth-order valence-electron chi connectivity index (χ4n) is 2.16. The lowest BCUT2D eigenvalue weighted by Gasteiger charge is -2.19. The molecule has 3 N–H and O–H groups in total. The molecule has 20 heavy (non-hydrogen) atoms. The molecule has 0 heterocycles. The van der Waals surface area contributed by atoms with E-state index in [9.17, 15) is 10.2 Å². The number of rotatable bonds is 5. The molecule has 0 amide bonds. The first-order chi connectivity index (χ1) is 9.63. The van der Waals surface area contributed by atoms with Crippen molar-refractivity contribution in [2.24, 2.45) is 0 Å². The Morgan fingerprint density at radius 2 is 1.70 bits per heavy atom. The molecule has 0 spiro atoms. The van der Waals surface area contributed by atoms with E-state index >= 15 is 0 Å². The second-order valence-electron chi connectivity index (χ2n) is 4.51. The highest BCUT2D eigenvalue weighted by molar-refractivity contribution is 7.99. The molecule has 0 saturated carbocycles. The van der Waals surface area contributed by atoms with Gasteiger partial charge in [-0.1, -0.05) is 25.1 Å². The van der Waals surface area contributed by atoms with Gasteiger partial charge in [0.25, 0.3) is 0 Å². The van der Waals surface area contributed by atoms with Crippen LogP contribution in [0.4, 0.5) is 5.69 Å². The van der Waals surface area contributed by atoms with E-state index in [1.165, 1.54) is 0 Å². The molecule has 0 aliphatic rings. The maximum Gasteiger partial charge on any atom is 0.124 e. The molecular weight excluding hydrogens is 270 g/mol. The zero-order chi connectivity index (χ0) is 14.5. The van der Waals surface area contributed by atoms with Crippen molar-refractivity contribution in [3.05, 3.63) is 48.0 Å². The van der Waals surface area contributed by atoms with E-state index in [1.54, 1.807) is 30.0 Å². The molecule has 1 atom stereocenters. The number of phenolic OH excluding ortho intramolecular Hbond substituents is 2. The standard InChI is InChI=1S/C16H19NO2S/c1-3-20-15-10-5-4-7-12(15)17-11(2)16-13(18)8-6-9-14(16)19/h4-11,17-19H,3H2,1-2H3. The molecule has 0 aromatic heterocycles. The minimum Gasteiger partial charge on any atom is -0.507 e. The summed E-state index contributed by atoms with van der Waals surface area (Å²) in [6.45, 7) is 4.03. The molecule has 106 valence electrons. The van der Waals surface area contributed by atoms with Gasteiger partial charge in [-0.15, -0.1) is 11.8 Å². The van der Waals surface area contributed by atoms with Crippen molar-refractivity contribution >= 4 is 17.4 Å². The maximum absolute atomic E-state index is 9.91. The van der Waals surface area contributed by atoms with Crippen LogP contribution in [0.25, 0.3) is 0 Å². The maximum atomic E-state index is 9.91. The molecule has 0 bridgehead atoms. The van der Waals surface area contributed by atoms with E-state index in [0.717, 1.165) is 16.3 Å². The number of aromatic hydroxyl groups is 2. The molecule has 0 radical (unpaired) electrons. The number of anilines is 1. The van der Waals surface area contributed by atoms with Crippen molar-refractivity contribution < 1.29 is 10.2 Å². The Balaban J connectivity index is 2.26. The van der Waals surface area contributed by atoms with Crippen LogP contribution in [0, 0.1) is 0 Å². The van der Waals surface area contributed by atoms with Gasteiger partial charge in [-0.3, -0.25) is 0 Å². The Hall–Kier alpha value is -1.81. The largest absolute Gasteiger partial charge is 0.507 e. The summed E-state index contributed by atoms with van der Waals surface area (Å²) in [5, 5.41) is 23.2. The molecule has 4 heteroatoms. The van der Waals surface area contributed by atoms with E-state index in [1.807, 2.05) is 25.1 Å². The van der Waals surface area contributed by atoms with E-state index in [2.05, 4.69) is 18.3 Å². The summed E-state index contributed by atoms with van der Waals surface area (Å²) in [5.41, 5.74) is 1.53. The molecule has 0 aliphatic heterocycles. The van der Waals surface area contributed by atoms with Crippen LogP contribution in [0.1, 0.15) is 25.5 Å². The van der Waals surface area contributed by atoms with Crippen LogP contribution in [0.15, 0.2) is 47.4 Å². The minimum absolute atomic E-state index is 0.102. The molecule has 1 unspecified atom stereocenters. The van der Waals surface area contributed by atoms with Crippen LogP contribution in [-0.2, 0) is 0 Å². The average molecular weight is 289 g/mol. The molecule has 2 rings (SSSR count). The van der Waals surface area contributed by atoms with Crippen molar-refractivity contribution in [1.82, 2.24) is 0 Å². The van der Waals surface area contributed by atoms with Gasteiger partial charge in [0.1, 0.15) is 11.5 Å². The Kier molecular flexibility index (Phi) is 4.79. The third-order valence-electron chi connectivity index (χ3n) is 3.05. The number of phenols is 2. The first-order valence-corrected chi connectivity index (χ1v) is 7.61. The lowest BCUT2D eigenvalue weighted by Crippen LogP contribution is -2.08. The van der Waals surface area contributed by atoms with E-state index in [0.29, 0.717) is 5.56 Å². The highest BCUT2D eigenvalue weighted by Crippen LogP contribution is 2.36. The number of hydrogen-bond acceptors (Lipinski definition) is 4. The molecule has 2 aromatic rings. The minimum atomic E-state index is -0.185. The summed E-state index contributed by atoms with van der Waals surface area (Å²) in [7, 11) is 0. The number of benzene rings is 2. The van der Waals surface area contributed by atoms with Gasteiger partial charge in [0.2, 0.25) is 0 Å². The van der Waals surface area contributed by atoms with Crippen LogP contribution in [0.3, 0.4) is 0 Å². The topological polar surface area (TPSA) is 52.5 Å². The number of nitrogens with one attached hydrogen (secondary N) is 1. The van der Waals surface area contributed by atoms with Crippen LogP contribution in [-0.4, -0.2) is 16.0 Å². The van der Waals surface area contributed by atoms with Crippen LogP contribution < -0.4 is 5.32 Å². The molecule has 3 nitrogen and oxygen atoms in total. The molecule has 0 fully saturated rings. The first-order valence-electron chi connectivity index (χ1n) is 6.62. The summed E-state index contributed by atoms with van der Waals surface area (Å²) in [6, 6.07) is 12.7. The Morgan fingerprint density at radius 3 is 2.35 bits per heavy atom. The van der Waals surface area contributed by atoms with Gasteiger partial charge in [-0.2, -0.15) is 0 Å². The molecule has 0 saturated heterocycles. The second kappa shape index (κ2) is 6.57. The third-order valence-corrected chi connectivity index (χ3v) is 4.01. The summed E-state index contributed by atoms with van der Waals surface area (Å²) in [5.74, 6) is 1.20. The number of thioether (sulfide) groups is 1. The average Bonchev–Trinajstić information content (AvgIpc) is 2.41. The molecule has 2 aromatic carbocycles. The van der Waals surface area contributed by atoms with Crippen molar-refractivity contribution in [2.45, 2.75) is 24.8 Å². The van der Waals surface area contributed by atoms with Gasteiger partial charge in [0, 0.05) is 10.6 Å². The fourth-order valence-corrected chi connectivity index (χ4v) is 2.93. The SMILES string of the molecule is CCSc1ccccc1NC(C)c1c(O)cccc1O. The fraction of sp³-hybridized carbons (Fsp3) is 0.250. The van der Waals surface area contributed by atoms with Gasteiger partial charge in [0.15, 0.2) is 0 Å². The first kappa shape index (κ1) is 14.6. The van der Waals surface area contributed by atoms with Crippen LogP contribution >= 0.6 is 11.8 Å². The van der Waals surface area contributed by atoms with Crippen molar-refractivity contribution in [3.8, 4) is 11.5 Å². The van der Waals surface area contributed by atoms with Gasteiger partial charge in [-0.25, -0.2) is 0 Å². The third kappa shape index (κ3) is 3.20. The molecular formula is C16H19NO2S. The zero-order valence-corrected chi connectivity index (χ0v) is 12.4. The van der Waals surface area contributed by atoms with Crippen molar-refractivity contribution in [2.75, 3.05) is 11.1 Å². The quantitative estimate of drug-likeness (QED) is 0.715. The normalized spacial score (nSPS) is 12.1. The Morgan fingerprint density at radius 1 is 1.05 bits per heavy atom. The zero-order valence-electron chi connectivity index (χ0n) is 11.6. The van der Waals surface area contributed by atoms with E-state index in [-0.39, 0.29) is 17.5 Å². The Labute approximate surface area is 123 Å². The summed E-state index contributed by atoms with van der Waals surface area (Å²) in [6.07, 6.45) is 0. The highest BCUT2D eigenvalue weighted by Gasteiger charge is 2.15. The van der Waals surface area contributed by atoms with Crippen LogP contribution in [0.5, 0.6) is 11.5 Å². The van der Waals surface area contributed by atoms with Crippen molar-refractivity contribution in [1.29, 1.82) is 0 Å². The second-order valence-corrected chi connectivity index (χ2v) is 5.81. The van der Waals surface area contributed by atoms with E-state index < -0.39 is 0 Å². The van der Waals surface area contributed by atoms with Gasteiger partial charge < -0.3 is 15.5 Å². The lowest BCUT2D eigenvalue weighted by atomic mass is 10.1. The smallest absolute Gasteiger partial charge is 0.124 e. The van der Waals surface area contributed by atoms with Gasteiger partial charge in [0.05, 0.1) is 11.6 Å². The summed E-state index contributed by atoms with van der Waals surface area (Å²) >= 11 is 1.76. The monoisotopic (exact) mass is 289 g/mol. The van der Waals surface area contributed by atoms with E-state index in [4.69, 9.17) is 0 Å². The number of hydrogen-bond donors (Lipinski definition) is 3. The lowest BCUT2D eigenvalue weighted by molar-refractivity contribution is 0.434. The number of para-hydroxylation sites is 1. The summed E-state index contributed by atoms with van der Waals surface area (Å²) in [4.78, 5) is 1.16. The van der Waals surface area contributed by atoms with Gasteiger partial charge >= 0.3 is 0 Å². The van der Waals surface area contributed by atoms with Crippen LogP contribution in [0.2, 0.25) is 0 Å². The van der Waals surface area contributed by atoms with Gasteiger partial charge in [-0.05, 0) is 36.9 Å².